The average Bonchev–Trinajstić information content (AvgIpc) is 2.78. The van der Waals surface area contributed by atoms with Gasteiger partial charge in [0.05, 0.1) is 11.8 Å². The van der Waals surface area contributed by atoms with E-state index in [0.29, 0.717) is 12.2 Å². The Kier molecular flexibility index (Phi) is 2.33. The smallest absolute Gasteiger partial charge is 0.268 e. The maximum absolute atomic E-state index is 11.7. The van der Waals surface area contributed by atoms with Gasteiger partial charge in [0.15, 0.2) is 5.58 Å². The Hall–Kier alpha value is -1.97. The van der Waals surface area contributed by atoms with Crippen molar-refractivity contribution < 1.29 is 9.21 Å². The molecule has 15 heavy (non-hydrogen) atoms. The lowest BCUT2D eigenvalue weighted by molar-refractivity contribution is 0.0950. The molecule has 0 aliphatic carbocycles. The van der Waals surface area contributed by atoms with Crippen LogP contribution in [0.1, 0.15) is 10.5 Å². The van der Waals surface area contributed by atoms with Gasteiger partial charge < -0.3 is 14.3 Å². The topological polar surface area (TPSA) is 47.2 Å². The highest BCUT2D eigenvalue weighted by Crippen LogP contribution is 2.19. The van der Waals surface area contributed by atoms with Crippen molar-refractivity contribution in [2.75, 3.05) is 6.54 Å². The van der Waals surface area contributed by atoms with E-state index in [-0.39, 0.29) is 5.91 Å². The van der Waals surface area contributed by atoms with Gasteiger partial charge in [0.2, 0.25) is 0 Å². The Morgan fingerprint density at radius 2 is 2.53 bits per heavy atom. The summed E-state index contributed by atoms with van der Waals surface area (Å²) in [6.45, 7) is 4.01. The molecule has 0 spiro atoms. The van der Waals surface area contributed by atoms with Gasteiger partial charge in [-0.1, -0.05) is 6.08 Å². The lowest BCUT2D eigenvalue weighted by Crippen LogP contribution is -2.25. The highest BCUT2D eigenvalue weighted by molar-refractivity contribution is 5.97. The van der Waals surface area contributed by atoms with E-state index in [4.69, 9.17) is 4.42 Å². The summed E-state index contributed by atoms with van der Waals surface area (Å²) in [5.74, 6) is -0.121. The minimum atomic E-state index is -0.121. The van der Waals surface area contributed by atoms with Gasteiger partial charge in [0, 0.05) is 25.7 Å². The molecule has 0 saturated carbocycles. The first kappa shape index (κ1) is 9.58. The van der Waals surface area contributed by atoms with E-state index in [9.17, 15) is 4.79 Å². The van der Waals surface area contributed by atoms with Crippen molar-refractivity contribution in [1.82, 2.24) is 9.88 Å². The zero-order valence-electron chi connectivity index (χ0n) is 8.49. The van der Waals surface area contributed by atoms with Gasteiger partial charge in [-0.05, 0) is 0 Å². The molecule has 0 aliphatic rings. The number of aromatic nitrogens is 1. The van der Waals surface area contributed by atoms with Gasteiger partial charge >= 0.3 is 0 Å². The Morgan fingerprint density at radius 3 is 3.20 bits per heavy atom. The summed E-state index contributed by atoms with van der Waals surface area (Å²) in [6.07, 6.45) is 3.25. The number of hydrogen-bond donors (Lipinski definition) is 1. The van der Waals surface area contributed by atoms with Crippen molar-refractivity contribution >= 4 is 17.0 Å². The number of nitrogens with one attached hydrogen (secondary N) is 1. The highest BCUT2D eigenvalue weighted by Gasteiger charge is 2.13. The minimum absolute atomic E-state index is 0.121. The van der Waals surface area contributed by atoms with Gasteiger partial charge in [-0.15, -0.1) is 6.58 Å². The van der Waals surface area contributed by atoms with Gasteiger partial charge in [-0.3, -0.25) is 4.79 Å². The van der Waals surface area contributed by atoms with Crippen LogP contribution in [0.25, 0.3) is 11.1 Å². The molecule has 0 fully saturated rings. The van der Waals surface area contributed by atoms with Crippen molar-refractivity contribution in [3.63, 3.8) is 0 Å². The zero-order valence-corrected chi connectivity index (χ0v) is 8.49. The summed E-state index contributed by atoms with van der Waals surface area (Å²) in [5, 5.41) is 2.72. The van der Waals surface area contributed by atoms with Crippen molar-refractivity contribution in [3.8, 4) is 0 Å². The third-order valence-corrected chi connectivity index (χ3v) is 2.30. The third-order valence-electron chi connectivity index (χ3n) is 2.30. The number of fused-ring (bicyclic) bond motifs is 1. The van der Waals surface area contributed by atoms with Crippen LogP contribution in [0.2, 0.25) is 0 Å². The second-order valence-corrected chi connectivity index (χ2v) is 3.26. The molecule has 1 amide bonds. The molecule has 0 saturated heterocycles. The molecule has 0 radical (unpaired) electrons. The SMILES string of the molecule is C=CCNC(=O)c1cc2occc2n1C. The number of carbonyl (C=O) groups excluding carboxylic acids is 1. The Labute approximate surface area is 87.2 Å². The van der Waals surface area contributed by atoms with Crippen LogP contribution in [0.4, 0.5) is 0 Å². The Morgan fingerprint density at radius 1 is 1.73 bits per heavy atom. The molecule has 4 heteroatoms. The number of aryl methyl sites for hydroxylation is 1. The lowest BCUT2D eigenvalue weighted by atomic mass is 10.4. The third kappa shape index (κ3) is 1.54. The molecule has 0 unspecified atom stereocenters. The van der Waals surface area contributed by atoms with E-state index >= 15 is 0 Å². The zero-order chi connectivity index (χ0) is 10.8. The molecule has 0 atom stereocenters. The quantitative estimate of drug-likeness (QED) is 0.773. The average molecular weight is 204 g/mol. The fraction of sp³-hybridized carbons (Fsp3) is 0.182. The fourth-order valence-electron chi connectivity index (χ4n) is 1.52. The van der Waals surface area contributed by atoms with Crippen molar-refractivity contribution in [2.45, 2.75) is 0 Å². The summed E-state index contributed by atoms with van der Waals surface area (Å²) in [6, 6.07) is 3.56. The van der Waals surface area contributed by atoms with Gasteiger partial charge in [0.25, 0.3) is 5.91 Å². The fourth-order valence-corrected chi connectivity index (χ4v) is 1.52. The predicted molar refractivity (Wildman–Crippen MR) is 57.7 cm³/mol. The van der Waals surface area contributed by atoms with E-state index in [1.807, 2.05) is 13.1 Å². The first-order valence-corrected chi connectivity index (χ1v) is 4.66. The number of amides is 1. The molecule has 2 heterocycles. The molecule has 2 rings (SSSR count). The summed E-state index contributed by atoms with van der Waals surface area (Å²) in [7, 11) is 1.83. The van der Waals surface area contributed by atoms with Crippen molar-refractivity contribution in [2.24, 2.45) is 7.05 Å². The van der Waals surface area contributed by atoms with E-state index in [1.165, 1.54) is 0 Å². The van der Waals surface area contributed by atoms with Gasteiger partial charge in [-0.25, -0.2) is 0 Å². The number of nitrogens with zero attached hydrogens (tertiary/aromatic N) is 1. The molecule has 0 aromatic carbocycles. The predicted octanol–water partition coefficient (Wildman–Crippen LogP) is 1.69. The maximum Gasteiger partial charge on any atom is 0.268 e. The Balaban J connectivity index is 2.34. The second-order valence-electron chi connectivity index (χ2n) is 3.26. The van der Waals surface area contributed by atoms with Crippen LogP contribution >= 0.6 is 0 Å². The molecular formula is C11H12N2O2. The summed E-state index contributed by atoms with van der Waals surface area (Å²) >= 11 is 0. The molecule has 78 valence electrons. The molecule has 4 nitrogen and oxygen atoms in total. The minimum Gasteiger partial charge on any atom is -0.463 e. The molecule has 2 aromatic heterocycles. The summed E-state index contributed by atoms with van der Waals surface area (Å²) in [5.41, 5.74) is 2.23. The summed E-state index contributed by atoms with van der Waals surface area (Å²) < 4.78 is 7.02. The number of furan rings is 1. The normalized spacial score (nSPS) is 10.5. The molecule has 0 bridgehead atoms. The van der Waals surface area contributed by atoms with Crippen LogP contribution in [-0.2, 0) is 7.05 Å². The number of hydrogen-bond acceptors (Lipinski definition) is 2. The maximum atomic E-state index is 11.7. The molecular weight excluding hydrogens is 192 g/mol. The van der Waals surface area contributed by atoms with Crippen LogP contribution in [0.15, 0.2) is 35.5 Å². The van der Waals surface area contributed by atoms with E-state index < -0.39 is 0 Å². The highest BCUT2D eigenvalue weighted by atomic mass is 16.3. The van der Waals surface area contributed by atoms with Crippen molar-refractivity contribution in [3.05, 3.63) is 36.7 Å². The number of carbonyl (C=O) groups is 1. The number of rotatable bonds is 3. The monoisotopic (exact) mass is 204 g/mol. The summed E-state index contributed by atoms with van der Waals surface area (Å²) in [4.78, 5) is 11.7. The first-order chi connectivity index (χ1) is 7.24. The van der Waals surface area contributed by atoms with E-state index in [0.717, 1.165) is 11.1 Å². The molecule has 0 aliphatic heterocycles. The molecule has 2 aromatic rings. The van der Waals surface area contributed by atoms with Crippen molar-refractivity contribution in [1.29, 1.82) is 0 Å². The first-order valence-electron chi connectivity index (χ1n) is 4.66. The molecule has 1 N–H and O–H groups in total. The van der Waals surface area contributed by atoms with Crippen LogP contribution in [0.5, 0.6) is 0 Å². The second kappa shape index (κ2) is 3.65. The Bertz CT molecular complexity index is 508. The largest absolute Gasteiger partial charge is 0.463 e. The van der Waals surface area contributed by atoms with E-state index in [1.54, 1.807) is 23.0 Å². The standard InChI is InChI=1S/C11H12N2O2/c1-3-5-12-11(14)9-7-10-8(13(9)2)4-6-15-10/h3-4,6-7H,1,5H2,2H3,(H,12,14). The van der Waals surface area contributed by atoms with Gasteiger partial charge in [-0.2, -0.15) is 0 Å². The van der Waals surface area contributed by atoms with E-state index in [2.05, 4.69) is 11.9 Å². The van der Waals surface area contributed by atoms with Crippen LogP contribution < -0.4 is 5.32 Å². The van der Waals surface area contributed by atoms with Gasteiger partial charge in [0.1, 0.15) is 5.69 Å². The van der Waals surface area contributed by atoms with Crippen LogP contribution in [0, 0.1) is 0 Å². The van der Waals surface area contributed by atoms with Crippen LogP contribution in [0.3, 0.4) is 0 Å². The lowest BCUT2D eigenvalue weighted by Gasteiger charge is -2.03. The van der Waals surface area contributed by atoms with Crippen LogP contribution in [-0.4, -0.2) is 17.0 Å².